The summed E-state index contributed by atoms with van der Waals surface area (Å²) in [7, 11) is 0. The van der Waals surface area contributed by atoms with Gasteiger partial charge in [-0.15, -0.1) is 0 Å². The second kappa shape index (κ2) is 9.50. The molecule has 1 atom stereocenters. The van der Waals surface area contributed by atoms with Gasteiger partial charge in [-0.05, 0) is 24.0 Å². The highest BCUT2D eigenvalue weighted by Gasteiger charge is 2.10. The van der Waals surface area contributed by atoms with E-state index in [-0.39, 0.29) is 11.8 Å². The van der Waals surface area contributed by atoms with E-state index in [4.69, 9.17) is 11.6 Å². The van der Waals surface area contributed by atoms with Gasteiger partial charge >= 0.3 is 0 Å². The number of hydrogen-bond donors (Lipinski definition) is 1. The molecule has 0 aliphatic heterocycles. The lowest BCUT2D eigenvalue weighted by Crippen LogP contribution is -2.32. The molecule has 0 saturated heterocycles. The van der Waals surface area contributed by atoms with Gasteiger partial charge in [-0.2, -0.15) is 23.5 Å². The van der Waals surface area contributed by atoms with E-state index in [1.807, 2.05) is 25.3 Å². The molecule has 1 N–H and O–H groups in total. The van der Waals surface area contributed by atoms with Crippen molar-refractivity contribution in [2.75, 3.05) is 24.3 Å². The van der Waals surface area contributed by atoms with E-state index in [1.165, 1.54) is 0 Å². The van der Waals surface area contributed by atoms with Gasteiger partial charge in [0.05, 0.1) is 0 Å². The molecule has 0 spiro atoms. The van der Waals surface area contributed by atoms with E-state index in [9.17, 15) is 4.79 Å². The van der Waals surface area contributed by atoms with Gasteiger partial charge in [-0.25, -0.2) is 4.98 Å². The molecule has 1 aromatic heterocycles. The third-order valence-electron chi connectivity index (χ3n) is 2.47. The summed E-state index contributed by atoms with van der Waals surface area (Å²) in [6.45, 7) is 2.67. The van der Waals surface area contributed by atoms with Crippen LogP contribution >= 0.6 is 35.1 Å². The Bertz CT molecular complexity index is 404. The Morgan fingerprint density at radius 2 is 2.37 bits per heavy atom. The van der Waals surface area contributed by atoms with Crippen LogP contribution in [-0.2, 0) is 10.5 Å². The van der Waals surface area contributed by atoms with Crippen molar-refractivity contribution in [2.45, 2.75) is 12.7 Å². The van der Waals surface area contributed by atoms with E-state index in [1.54, 1.807) is 29.7 Å². The van der Waals surface area contributed by atoms with Gasteiger partial charge in [-0.1, -0.05) is 18.5 Å². The molecule has 3 nitrogen and oxygen atoms in total. The first-order chi connectivity index (χ1) is 9.13. The molecule has 1 rings (SSSR count). The molecule has 0 radical (unpaired) electrons. The topological polar surface area (TPSA) is 42.0 Å². The fourth-order valence-corrected chi connectivity index (χ4v) is 3.12. The fraction of sp³-hybridized carbons (Fsp3) is 0.538. The SMILES string of the molecule is CSC[C@H](C)C(=O)NCCSCc1ccnc(Cl)c1. The maximum Gasteiger partial charge on any atom is 0.223 e. The zero-order valence-electron chi connectivity index (χ0n) is 11.2. The number of halogens is 1. The highest BCUT2D eigenvalue weighted by molar-refractivity contribution is 7.98. The van der Waals surface area contributed by atoms with Gasteiger partial charge in [0.15, 0.2) is 0 Å². The maximum atomic E-state index is 11.7. The summed E-state index contributed by atoms with van der Waals surface area (Å²) in [6.07, 6.45) is 3.73. The first-order valence-corrected chi connectivity index (χ1v) is 9.01. The van der Waals surface area contributed by atoms with Gasteiger partial charge in [0, 0.05) is 35.9 Å². The molecule has 0 saturated carbocycles. The van der Waals surface area contributed by atoms with Gasteiger partial charge in [0.2, 0.25) is 5.91 Å². The van der Waals surface area contributed by atoms with Crippen molar-refractivity contribution in [1.82, 2.24) is 10.3 Å². The second-order valence-electron chi connectivity index (χ2n) is 4.19. The van der Waals surface area contributed by atoms with Crippen LogP contribution in [0, 0.1) is 5.92 Å². The summed E-state index contributed by atoms with van der Waals surface area (Å²) in [4.78, 5) is 15.6. The zero-order chi connectivity index (χ0) is 14.1. The summed E-state index contributed by atoms with van der Waals surface area (Å²) in [6, 6.07) is 3.83. The molecule has 19 heavy (non-hydrogen) atoms. The zero-order valence-corrected chi connectivity index (χ0v) is 13.6. The van der Waals surface area contributed by atoms with Gasteiger partial charge in [0.1, 0.15) is 5.15 Å². The molecule has 0 aliphatic rings. The lowest BCUT2D eigenvalue weighted by atomic mass is 10.2. The molecule has 6 heteroatoms. The molecule has 0 aromatic carbocycles. The highest BCUT2D eigenvalue weighted by Crippen LogP contribution is 2.14. The standard InChI is InChI=1S/C13H19ClN2OS2/c1-10(8-18-2)13(17)16-5-6-19-9-11-3-4-15-12(14)7-11/h3-4,7,10H,5-6,8-9H2,1-2H3,(H,16,17)/t10-/m0/s1. The van der Waals surface area contributed by atoms with Crippen LogP contribution in [0.2, 0.25) is 5.15 Å². The Hall–Kier alpha value is -0.390. The Balaban J connectivity index is 2.13. The van der Waals surface area contributed by atoms with Crippen molar-refractivity contribution in [1.29, 1.82) is 0 Å². The van der Waals surface area contributed by atoms with E-state index >= 15 is 0 Å². The molecule has 1 amide bonds. The normalized spacial score (nSPS) is 12.2. The van der Waals surface area contributed by atoms with E-state index < -0.39 is 0 Å². The number of pyridine rings is 1. The number of hydrogen-bond acceptors (Lipinski definition) is 4. The average molecular weight is 319 g/mol. The van der Waals surface area contributed by atoms with E-state index in [2.05, 4.69) is 10.3 Å². The monoisotopic (exact) mass is 318 g/mol. The first-order valence-electron chi connectivity index (χ1n) is 6.08. The molecular formula is C13H19ClN2OS2. The van der Waals surface area contributed by atoms with E-state index in [0.29, 0.717) is 11.7 Å². The molecule has 1 aromatic rings. The average Bonchev–Trinajstić information content (AvgIpc) is 2.38. The fourth-order valence-electron chi connectivity index (χ4n) is 1.47. The van der Waals surface area contributed by atoms with Crippen LogP contribution in [0.5, 0.6) is 0 Å². The summed E-state index contributed by atoms with van der Waals surface area (Å²) in [5.74, 6) is 2.88. The Morgan fingerprint density at radius 1 is 1.58 bits per heavy atom. The van der Waals surface area contributed by atoms with Crippen molar-refractivity contribution in [3.8, 4) is 0 Å². The molecule has 106 valence electrons. The largest absolute Gasteiger partial charge is 0.355 e. The first kappa shape index (κ1) is 16.7. The van der Waals surface area contributed by atoms with Gasteiger partial charge in [0.25, 0.3) is 0 Å². The smallest absolute Gasteiger partial charge is 0.223 e. The number of nitrogens with one attached hydrogen (secondary N) is 1. The van der Waals surface area contributed by atoms with Gasteiger partial charge in [-0.3, -0.25) is 4.79 Å². The van der Waals surface area contributed by atoms with Crippen LogP contribution in [0.25, 0.3) is 0 Å². The Morgan fingerprint density at radius 3 is 3.05 bits per heavy atom. The van der Waals surface area contributed by atoms with Gasteiger partial charge < -0.3 is 5.32 Å². The third-order valence-corrected chi connectivity index (χ3v) is 4.54. The number of nitrogens with zero attached hydrogens (tertiary/aromatic N) is 1. The Labute approximate surface area is 128 Å². The van der Waals surface area contributed by atoms with Crippen molar-refractivity contribution < 1.29 is 4.79 Å². The molecule has 0 aliphatic carbocycles. The van der Waals surface area contributed by atoms with Crippen LogP contribution in [-0.4, -0.2) is 35.2 Å². The predicted molar refractivity (Wildman–Crippen MR) is 86.0 cm³/mol. The predicted octanol–water partition coefficient (Wildman–Crippen LogP) is 3.08. The molecule has 0 unspecified atom stereocenters. The molecule has 0 bridgehead atoms. The minimum Gasteiger partial charge on any atom is -0.355 e. The molecular weight excluding hydrogens is 300 g/mol. The number of thioether (sulfide) groups is 2. The van der Waals surface area contributed by atoms with Crippen molar-refractivity contribution >= 4 is 41.0 Å². The van der Waals surface area contributed by atoms with Crippen LogP contribution in [0.3, 0.4) is 0 Å². The number of aromatic nitrogens is 1. The van der Waals surface area contributed by atoms with Crippen LogP contribution in [0.1, 0.15) is 12.5 Å². The summed E-state index contributed by atoms with van der Waals surface area (Å²) in [5.41, 5.74) is 1.16. The summed E-state index contributed by atoms with van der Waals surface area (Å²) in [5, 5.41) is 3.48. The quantitative estimate of drug-likeness (QED) is 0.591. The lowest BCUT2D eigenvalue weighted by Gasteiger charge is -2.10. The number of rotatable bonds is 8. The minimum absolute atomic E-state index is 0.0824. The van der Waals surface area contributed by atoms with Crippen molar-refractivity contribution in [3.05, 3.63) is 29.0 Å². The van der Waals surface area contributed by atoms with Crippen molar-refractivity contribution in [3.63, 3.8) is 0 Å². The maximum absolute atomic E-state index is 11.7. The van der Waals surface area contributed by atoms with Crippen LogP contribution in [0.15, 0.2) is 18.3 Å². The molecule has 0 fully saturated rings. The summed E-state index contributed by atoms with van der Waals surface area (Å²) >= 11 is 9.28. The van der Waals surface area contributed by atoms with Crippen LogP contribution < -0.4 is 5.32 Å². The van der Waals surface area contributed by atoms with E-state index in [0.717, 1.165) is 22.8 Å². The third kappa shape index (κ3) is 7.09. The minimum atomic E-state index is 0.0824. The summed E-state index contributed by atoms with van der Waals surface area (Å²) < 4.78 is 0. The molecule has 1 heterocycles. The lowest BCUT2D eigenvalue weighted by molar-refractivity contribution is -0.123. The second-order valence-corrected chi connectivity index (χ2v) is 6.59. The Kier molecular flexibility index (Phi) is 8.34. The highest BCUT2D eigenvalue weighted by atomic mass is 35.5. The van der Waals surface area contributed by atoms with Crippen molar-refractivity contribution in [2.24, 2.45) is 5.92 Å². The number of carbonyl (C=O) groups is 1. The van der Waals surface area contributed by atoms with Crippen LogP contribution in [0.4, 0.5) is 0 Å². The number of carbonyl (C=O) groups excluding carboxylic acids is 1. The number of amides is 1.